The van der Waals surface area contributed by atoms with Gasteiger partial charge in [0.05, 0.1) is 5.92 Å². The van der Waals surface area contributed by atoms with E-state index in [2.05, 4.69) is 5.32 Å². The molecule has 4 N–H and O–H groups in total. The van der Waals surface area contributed by atoms with Crippen LogP contribution in [0.2, 0.25) is 0 Å². The van der Waals surface area contributed by atoms with E-state index in [1.54, 1.807) is 0 Å². The normalized spacial score (nSPS) is 25.4. The Balaban J connectivity index is 2.36. The van der Waals surface area contributed by atoms with Crippen LogP contribution in [0.5, 0.6) is 0 Å². The zero-order chi connectivity index (χ0) is 13.5. The average Bonchev–Trinajstić information content (AvgIpc) is 2.34. The van der Waals surface area contributed by atoms with Gasteiger partial charge in [-0.1, -0.05) is 26.2 Å². The standard InChI is InChI=1S/C13H24N2O3/c1-2-9(7-12(16)17)8-15-13(18)10-5-3-4-6-11(10)14/h9-11H,2-8,14H2,1H3,(H,15,18)(H,16,17). The van der Waals surface area contributed by atoms with E-state index >= 15 is 0 Å². The van der Waals surface area contributed by atoms with Gasteiger partial charge in [-0.3, -0.25) is 9.59 Å². The van der Waals surface area contributed by atoms with Crippen LogP contribution in [0.15, 0.2) is 0 Å². The smallest absolute Gasteiger partial charge is 0.303 e. The van der Waals surface area contributed by atoms with E-state index < -0.39 is 5.97 Å². The first kappa shape index (κ1) is 15.0. The second-order valence-corrected chi connectivity index (χ2v) is 5.17. The number of nitrogens with two attached hydrogens (primary N) is 1. The molecule has 0 aromatic carbocycles. The lowest BCUT2D eigenvalue weighted by Gasteiger charge is -2.28. The van der Waals surface area contributed by atoms with E-state index in [0.29, 0.717) is 6.54 Å². The number of carboxylic acid groups (broad SMARTS) is 1. The molecule has 18 heavy (non-hydrogen) atoms. The van der Waals surface area contributed by atoms with E-state index in [4.69, 9.17) is 10.8 Å². The van der Waals surface area contributed by atoms with Crippen molar-refractivity contribution < 1.29 is 14.7 Å². The van der Waals surface area contributed by atoms with Gasteiger partial charge in [0.15, 0.2) is 0 Å². The van der Waals surface area contributed by atoms with Crippen molar-refractivity contribution in [2.75, 3.05) is 6.54 Å². The Kier molecular flexibility index (Phi) is 6.12. The van der Waals surface area contributed by atoms with Gasteiger partial charge in [0.2, 0.25) is 5.91 Å². The fourth-order valence-electron chi connectivity index (χ4n) is 2.47. The highest BCUT2D eigenvalue weighted by Gasteiger charge is 2.28. The molecule has 0 saturated heterocycles. The molecule has 1 fully saturated rings. The van der Waals surface area contributed by atoms with E-state index in [1.807, 2.05) is 6.92 Å². The number of amides is 1. The molecule has 0 spiro atoms. The molecule has 0 aromatic heterocycles. The largest absolute Gasteiger partial charge is 0.481 e. The number of carbonyl (C=O) groups excluding carboxylic acids is 1. The van der Waals surface area contributed by atoms with Crippen molar-refractivity contribution in [2.45, 2.75) is 51.5 Å². The molecule has 0 bridgehead atoms. The van der Waals surface area contributed by atoms with Gasteiger partial charge in [-0.25, -0.2) is 0 Å². The summed E-state index contributed by atoms with van der Waals surface area (Å²) in [6, 6.07) is -0.0432. The number of nitrogens with one attached hydrogen (secondary N) is 1. The first-order valence-electron chi connectivity index (χ1n) is 6.79. The van der Waals surface area contributed by atoms with Crippen molar-refractivity contribution in [2.24, 2.45) is 17.6 Å². The van der Waals surface area contributed by atoms with E-state index in [9.17, 15) is 9.59 Å². The van der Waals surface area contributed by atoms with Gasteiger partial charge in [-0.2, -0.15) is 0 Å². The SMILES string of the molecule is CCC(CNC(=O)C1CCCCC1N)CC(=O)O. The molecule has 1 rings (SSSR count). The maximum Gasteiger partial charge on any atom is 0.303 e. The summed E-state index contributed by atoms with van der Waals surface area (Å²) in [5, 5.41) is 11.6. The second kappa shape index (κ2) is 7.36. The van der Waals surface area contributed by atoms with Crippen LogP contribution < -0.4 is 11.1 Å². The highest BCUT2D eigenvalue weighted by Crippen LogP contribution is 2.23. The summed E-state index contributed by atoms with van der Waals surface area (Å²) in [6.07, 6.45) is 4.77. The third kappa shape index (κ3) is 4.64. The van der Waals surface area contributed by atoms with E-state index in [-0.39, 0.29) is 30.2 Å². The van der Waals surface area contributed by atoms with Crippen LogP contribution in [0.4, 0.5) is 0 Å². The van der Waals surface area contributed by atoms with Gasteiger partial charge >= 0.3 is 5.97 Å². The third-order valence-corrected chi connectivity index (χ3v) is 3.76. The molecule has 1 aliphatic carbocycles. The Hall–Kier alpha value is -1.10. The molecular weight excluding hydrogens is 232 g/mol. The van der Waals surface area contributed by atoms with Gasteiger partial charge in [0, 0.05) is 19.0 Å². The summed E-state index contributed by atoms with van der Waals surface area (Å²) in [7, 11) is 0. The zero-order valence-corrected chi connectivity index (χ0v) is 11.0. The fourth-order valence-corrected chi connectivity index (χ4v) is 2.47. The maximum absolute atomic E-state index is 12.0. The molecule has 104 valence electrons. The highest BCUT2D eigenvalue weighted by molar-refractivity contribution is 5.79. The van der Waals surface area contributed by atoms with Gasteiger partial charge in [0.25, 0.3) is 0 Å². The second-order valence-electron chi connectivity index (χ2n) is 5.17. The zero-order valence-electron chi connectivity index (χ0n) is 11.0. The van der Waals surface area contributed by atoms with Crippen LogP contribution >= 0.6 is 0 Å². The molecule has 3 atom stereocenters. The van der Waals surface area contributed by atoms with Crippen molar-refractivity contribution in [3.05, 3.63) is 0 Å². The summed E-state index contributed by atoms with van der Waals surface area (Å²) in [6.45, 7) is 2.37. The molecule has 0 heterocycles. The topological polar surface area (TPSA) is 92.4 Å². The average molecular weight is 256 g/mol. The molecule has 5 heteroatoms. The van der Waals surface area contributed by atoms with Crippen LogP contribution in [-0.4, -0.2) is 29.6 Å². The summed E-state index contributed by atoms with van der Waals surface area (Å²) in [5.74, 6) is -0.913. The van der Waals surface area contributed by atoms with E-state index in [1.165, 1.54) is 0 Å². The number of hydrogen-bond acceptors (Lipinski definition) is 3. The van der Waals surface area contributed by atoms with Gasteiger partial charge in [-0.05, 0) is 18.8 Å². The molecule has 1 saturated carbocycles. The number of aliphatic carboxylic acids is 1. The first-order chi connectivity index (χ1) is 8.54. The fraction of sp³-hybridized carbons (Fsp3) is 0.846. The van der Waals surface area contributed by atoms with Crippen molar-refractivity contribution in [3.63, 3.8) is 0 Å². The Morgan fingerprint density at radius 1 is 1.39 bits per heavy atom. The van der Waals surface area contributed by atoms with Crippen LogP contribution in [0.25, 0.3) is 0 Å². The maximum atomic E-state index is 12.0. The summed E-state index contributed by atoms with van der Waals surface area (Å²) < 4.78 is 0. The number of carboxylic acids is 1. The Morgan fingerprint density at radius 2 is 2.06 bits per heavy atom. The molecule has 1 amide bonds. The minimum atomic E-state index is -0.814. The Morgan fingerprint density at radius 3 is 2.61 bits per heavy atom. The van der Waals surface area contributed by atoms with Gasteiger partial charge in [0.1, 0.15) is 0 Å². The Labute approximate surface area is 108 Å². The summed E-state index contributed by atoms with van der Waals surface area (Å²) >= 11 is 0. The van der Waals surface area contributed by atoms with Crippen LogP contribution in [-0.2, 0) is 9.59 Å². The van der Waals surface area contributed by atoms with Crippen molar-refractivity contribution in [1.82, 2.24) is 5.32 Å². The molecule has 1 aliphatic rings. The van der Waals surface area contributed by atoms with Crippen LogP contribution in [0, 0.1) is 11.8 Å². The minimum Gasteiger partial charge on any atom is -0.481 e. The summed E-state index contributed by atoms with van der Waals surface area (Å²) in [4.78, 5) is 22.6. The van der Waals surface area contributed by atoms with Crippen LogP contribution in [0.1, 0.15) is 45.4 Å². The van der Waals surface area contributed by atoms with Crippen molar-refractivity contribution in [3.8, 4) is 0 Å². The first-order valence-corrected chi connectivity index (χ1v) is 6.79. The van der Waals surface area contributed by atoms with Crippen molar-refractivity contribution in [1.29, 1.82) is 0 Å². The monoisotopic (exact) mass is 256 g/mol. The predicted molar refractivity (Wildman–Crippen MR) is 69.0 cm³/mol. The van der Waals surface area contributed by atoms with Gasteiger partial charge < -0.3 is 16.2 Å². The quantitative estimate of drug-likeness (QED) is 0.664. The molecule has 0 aromatic rings. The molecular formula is C13H24N2O3. The minimum absolute atomic E-state index is 0.00580. The van der Waals surface area contributed by atoms with Gasteiger partial charge in [-0.15, -0.1) is 0 Å². The summed E-state index contributed by atoms with van der Waals surface area (Å²) in [5.41, 5.74) is 5.94. The highest BCUT2D eigenvalue weighted by atomic mass is 16.4. The molecule has 5 nitrogen and oxygen atoms in total. The lowest BCUT2D eigenvalue weighted by Crippen LogP contribution is -2.44. The lowest BCUT2D eigenvalue weighted by atomic mass is 9.84. The predicted octanol–water partition coefficient (Wildman–Crippen LogP) is 1.12. The number of rotatable bonds is 6. The molecule has 3 unspecified atom stereocenters. The van der Waals surface area contributed by atoms with Crippen molar-refractivity contribution >= 4 is 11.9 Å². The molecule has 0 radical (unpaired) electrons. The number of hydrogen-bond donors (Lipinski definition) is 3. The third-order valence-electron chi connectivity index (χ3n) is 3.76. The van der Waals surface area contributed by atoms with E-state index in [0.717, 1.165) is 32.1 Å². The van der Waals surface area contributed by atoms with Crippen LogP contribution in [0.3, 0.4) is 0 Å². The Bertz CT molecular complexity index is 294. The number of carbonyl (C=O) groups is 2. The lowest BCUT2D eigenvalue weighted by molar-refractivity contribution is -0.138. The molecule has 0 aliphatic heterocycles.